The molecule has 0 aliphatic carbocycles. The van der Waals surface area contributed by atoms with Crippen molar-refractivity contribution in [2.45, 2.75) is 12.5 Å². The van der Waals surface area contributed by atoms with Gasteiger partial charge in [-0.15, -0.1) is 0 Å². The van der Waals surface area contributed by atoms with Crippen molar-refractivity contribution in [2.24, 2.45) is 0 Å². The molecule has 0 saturated heterocycles. The molecule has 126 valence electrons. The Morgan fingerprint density at radius 1 is 0.880 bits per heavy atom. The standard InChI is InChI=1S/C21H19NO3/c1-15-14-18(23)12-13-19(15)22-20(24)21(25,16-8-4-2-5-9-16)17-10-6-3-7-11-17/h2-14,23,25H,1H3,(H,22,24). The number of carbonyl (C=O) groups excluding carboxylic acids is 1. The van der Waals surface area contributed by atoms with Gasteiger partial charge in [0, 0.05) is 5.69 Å². The molecule has 4 nitrogen and oxygen atoms in total. The van der Waals surface area contributed by atoms with Gasteiger partial charge in [-0.2, -0.15) is 0 Å². The van der Waals surface area contributed by atoms with Crippen molar-refractivity contribution >= 4 is 11.6 Å². The normalized spacial score (nSPS) is 11.1. The molecule has 3 N–H and O–H groups in total. The Labute approximate surface area is 146 Å². The van der Waals surface area contributed by atoms with Gasteiger partial charge in [-0.25, -0.2) is 0 Å². The summed E-state index contributed by atoms with van der Waals surface area (Å²) in [5.41, 5.74) is 0.377. The average molecular weight is 333 g/mol. The number of anilines is 1. The fourth-order valence-electron chi connectivity index (χ4n) is 2.79. The number of phenols is 1. The lowest BCUT2D eigenvalue weighted by Gasteiger charge is -2.28. The Morgan fingerprint density at radius 3 is 1.88 bits per heavy atom. The zero-order chi connectivity index (χ0) is 17.9. The summed E-state index contributed by atoms with van der Waals surface area (Å²) >= 11 is 0. The number of benzene rings is 3. The minimum atomic E-state index is -1.83. The molecule has 0 aliphatic heterocycles. The fourth-order valence-corrected chi connectivity index (χ4v) is 2.79. The molecule has 3 aromatic rings. The van der Waals surface area contributed by atoms with Gasteiger partial charge in [-0.3, -0.25) is 4.79 Å². The van der Waals surface area contributed by atoms with Crippen LogP contribution in [0.3, 0.4) is 0 Å². The molecule has 0 aromatic heterocycles. The molecule has 0 saturated carbocycles. The topological polar surface area (TPSA) is 69.6 Å². The minimum Gasteiger partial charge on any atom is -0.508 e. The summed E-state index contributed by atoms with van der Waals surface area (Å²) in [5.74, 6) is -0.435. The molecular weight excluding hydrogens is 314 g/mol. The molecule has 0 atom stereocenters. The number of aryl methyl sites for hydroxylation is 1. The molecule has 0 fully saturated rings. The van der Waals surface area contributed by atoms with Gasteiger partial charge in [0.1, 0.15) is 5.75 Å². The minimum absolute atomic E-state index is 0.122. The van der Waals surface area contributed by atoms with Crippen molar-refractivity contribution in [3.63, 3.8) is 0 Å². The zero-order valence-corrected chi connectivity index (χ0v) is 13.8. The summed E-state index contributed by atoms with van der Waals surface area (Å²) in [6, 6.07) is 22.3. The van der Waals surface area contributed by atoms with E-state index in [1.165, 1.54) is 6.07 Å². The number of phenolic OH excluding ortho intramolecular Hbond substituents is 1. The fraction of sp³-hybridized carbons (Fsp3) is 0.0952. The molecule has 25 heavy (non-hydrogen) atoms. The van der Waals surface area contributed by atoms with Gasteiger partial charge in [-0.1, -0.05) is 60.7 Å². The lowest BCUT2D eigenvalue weighted by molar-refractivity contribution is -0.131. The van der Waals surface area contributed by atoms with Crippen LogP contribution < -0.4 is 5.32 Å². The van der Waals surface area contributed by atoms with Gasteiger partial charge in [-0.05, 0) is 41.8 Å². The van der Waals surface area contributed by atoms with Gasteiger partial charge in [0.05, 0.1) is 0 Å². The summed E-state index contributed by atoms with van der Waals surface area (Å²) in [5, 5.41) is 23.7. The van der Waals surface area contributed by atoms with Crippen LogP contribution in [0.25, 0.3) is 0 Å². The zero-order valence-electron chi connectivity index (χ0n) is 13.8. The van der Waals surface area contributed by atoms with Crippen molar-refractivity contribution in [3.8, 4) is 5.75 Å². The molecular formula is C21H19NO3. The second-order valence-corrected chi connectivity index (χ2v) is 5.90. The number of aromatic hydroxyl groups is 1. The quantitative estimate of drug-likeness (QED) is 0.639. The Bertz CT molecular complexity index is 837. The first-order chi connectivity index (χ1) is 12.0. The van der Waals surface area contributed by atoms with Crippen molar-refractivity contribution < 1.29 is 15.0 Å². The van der Waals surface area contributed by atoms with E-state index >= 15 is 0 Å². The van der Waals surface area contributed by atoms with Gasteiger partial charge in [0.25, 0.3) is 5.91 Å². The summed E-state index contributed by atoms with van der Waals surface area (Å²) in [6.07, 6.45) is 0. The van der Waals surface area contributed by atoms with Gasteiger partial charge < -0.3 is 15.5 Å². The second-order valence-electron chi connectivity index (χ2n) is 5.90. The number of nitrogens with one attached hydrogen (secondary N) is 1. The third-order valence-electron chi connectivity index (χ3n) is 4.17. The van der Waals surface area contributed by atoms with Crippen molar-refractivity contribution in [3.05, 3.63) is 95.6 Å². The van der Waals surface area contributed by atoms with E-state index in [0.717, 1.165) is 0 Å². The summed E-state index contributed by atoms with van der Waals surface area (Å²) < 4.78 is 0. The molecule has 0 spiro atoms. The molecule has 3 aromatic carbocycles. The van der Waals surface area contributed by atoms with Crippen LogP contribution in [0, 0.1) is 6.92 Å². The first-order valence-electron chi connectivity index (χ1n) is 7.96. The molecule has 1 amide bonds. The predicted octanol–water partition coefficient (Wildman–Crippen LogP) is 3.58. The van der Waals surface area contributed by atoms with Gasteiger partial charge in [0.2, 0.25) is 0 Å². The first kappa shape index (κ1) is 16.7. The van der Waals surface area contributed by atoms with E-state index in [9.17, 15) is 15.0 Å². The molecule has 0 radical (unpaired) electrons. The lowest BCUT2D eigenvalue weighted by atomic mass is 9.85. The van der Waals surface area contributed by atoms with E-state index in [-0.39, 0.29) is 5.75 Å². The highest BCUT2D eigenvalue weighted by molar-refractivity contribution is 6.00. The number of hydrogen-bond acceptors (Lipinski definition) is 3. The van der Waals surface area contributed by atoms with Crippen LogP contribution in [0.15, 0.2) is 78.9 Å². The van der Waals surface area contributed by atoms with Gasteiger partial charge in [0.15, 0.2) is 5.60 Å². The molecule has 0 heterocycles. The lowest BCUT2D eigenvalue weighted by Crippen LogP contribution is -2.41. The maximum Gasteiger partial charge on any atom is 0.265 e. The molecule has 0 bridgehead atoms. The van der Waals surface area contributed by atoms with E-state index in [1.54, 1.807) is 67.6 Å². The Morgan fingerprint density at radius 2 is 1.40 bits per heavy atom. The van der Waals surface area contributed by atoms with Gasteiger partial charge >= 0.3 is 0 Å². The average Bonchev–Trinajstić information content (AvgIpc) is 2.64. The van der Waals surface area contributed by atoms with Crippen LogP contribution in [-0.4, -0.2) is 16.1 Å². The van der Waals surface area contributed by atoms with E-state index < -0.39 is 11.5 Å². The molecule has 0 aliphatic rings. The summed E-state index contributed by atoms with van der Waals surface area (Å²) in [6.45, 7) is 1.78. The highest BCUT2D eigenvalue weighted by atomic mass is 16.3. The van der Waals surface area contributed by atoms with Crippen LogP contribution in [0.5, 0.6) is 5.75 Å². The summed E-state index contributed by atoms with van der Waals surface area (Å²) in [4.78, 5) is 13.0. The predicted molar refractivity (Wildman–Crippen MR) is 97.4 cm³/mol. The smallest absolute Gasteiger partial charge is 0.265 e. The number of hydrogen-bond donors (Lipinski definition) is 3. The maximum atomic E-state index is 13.0. The van der Waals surface area contributed by atoms with Crippen LogP contribution in [0.1, 0.15) is 16.7 Å². The number of aliphatic hydroxyl groups is 1. The van der Waals surface area contributed by atoms with E-state index in [4.69, 9.17) is 0 Å². The highest BCUT2D eigenvalue weighted by Crippen LogP contribution is 2.32. The van der Waals surface area contributed by atoms with Crippen LogP contribution in [0.2, 0.25) is 0 Å². The summed E-state index contributed by atoms with van der Waals surface area (Å²) in [7, 11) is 0. The van der Waals surface area contributed by atoms with Crippen LogP contribution in [-0.2, 0) is 10.4 Å². The number of carbonyl (C=O) groups is 1. The number of rotatable bonds is 4. The second kappa shape index (κ2) is 6.79. The first-order valence-corrected chi connectivity index (χ1v) is 7.96. The maximum absolute atomic E-state index is 13.0. The van der Waals surface area contributed by atoms with Crippen molar-refractivity contribution in [2.75, 3.05) is 5.32 Å². The van der Waals surface area contributed by atoms with E-state index in [0.29, 0.717) is 22.4 Å². The van der Waals surface area contributed by atoms with E-state index in [2.05, 4.69) is 5.32 Å². The molecule has 4 heteroatoms. The SMILES string of the molecule is Cc1cc(O)ccc1NC(=O)C(O)(c1ccccc1)c1ccccc1. The highest BCUT2D eigenvalue weighted by Gasteiger charge is 2.40. The van der Waals surface area contributed by atoms with E-state index in [1.807, 2.05) is 12.1 Å². The largest absolute Gasteiger partial charge is 0.508 e. The number of amides is 1. The van der Waals surface area contributed by atoms with Crippen LogP contribution in [0.4, 0.5) is 5.69 Å². The third kappa shape index (κ3) is 3.25. The monoisotopic (exact) mass is 333 g/mol. The van der Waals surface area contributed by atoms with Crippen molar-refractivity contribution in [1.29, 1.82) is 0 Å². The third-order valence-corrected chi connectivity index (χ3v) is 4.17. The Hall–Kier alpha value is -3.11. The van der Waals surface area contributed by atoms with Crippen LogP contribution >= 0.6 is 0 Å². The Kier molecular flexibility index (Phi) is 4.55. The Balaban J connectivity index is 2.04. The van der Waals surface area contributed by atoms with Crippen molar-refractivity contribution in [1.82, 2.24) is 0 Å². The molecule has 3 rings (SSSR count). The molecule has 0 unspecified atom stereocenters.